The van der Waals surface area contributed by atoms with Crippen molar-refractivity contribution >= 4 is 0 Å². The van der Waals surface area contributed by atoms with E-state index in [0.29, 0.717) is 12.5 Å². The fourth-order valence-corrected chi connectivity index (χ4v) is 1.48. The van der Waals surface area contributed by atoms with Crippen LogP contribution in [0.15, 0.2) is 0 Å². The van der Waals surface area contributed by atoms with Crippen LogP contribution in [0.5, 0.6) is 0 Å². The summed E-state index contributed by atoms with van der Waals surface area (Å²) in [7, 11) is 1.74. The Balaban J connectivity index is 2.09. The van der Waals surface area contributed by atoms with Gasteiger partial charge in [0.15, 0.2) is 0 Å². The van der Waals surface area contributed by atoms with Crippen LogP contribution in [0.1, 0.15) is 12.8 Å². The normalized spacial score (nSPS) is 26.2. The number of hydrogen-bond acceptors (Lipinski definition) is 2. The second kappa shape index (κ2) is 4.67. The second-order valence-corrected chi connectivity index (χ2v) is 2.99. The van der Waals surface area contributed by atoms with Gasteiger partial charge in [0.25, 0.3) is 0 Å². The third kappa shape index (κ3) is 2.75. The van der Waals surface area contributed by atoms with Gasteiger partial charge in [0.1, 0.15) is 0 Å². The summed E-state index contributed by atoms with van der Waals surface area (Å²) in [5, 5.41) is 0. The van der Waals surface area contributed by atoms with E-state index in [9.17, 15) is 4.39 Å². The highest BCUT2D eigenvalue weighted by atomic mass is 19.1. The van der Waals surface area contributed by atoms with Crippen LogP contribution < -0.4 is 0 Å². The summed E-state index contributed by atoms with van der Waals surface area (Å²) in [6, 6.07) is 0. The summed E-state index contributed by atoms with van der Waals surface area (Å²) in [6.45, 7) is 2.74. The molecule has 1 rings (SSSR count). The molecular weight excluding hydrogens is 145 g/mol. The van der Waals surface area contributed by atoms with E-state index in [1.54, 1.807) is 7.11 Å². The van der Waals surface area contributed by atoms with Crippen LogP contribution in [0.25, 0.3) is 0 Å². The van der Waals surface area contributed by atoms with Crippen LogP contribution in [0.2, 0.25) is 0 Å². The van der Waals surface area contributed by atoms with E-state index in [4.69, 9.17) is 4.74 Å². The van der Waals surface area contributed by atoms with Crippen molar-refractivity contribution < 1.29 is 9.13 Å². The highest BCUT2D eigenvalue weighted by molar-refractivity contribution is 4.75. The Bertz CT molecular complexity index is 110. The van der Waals surface area contributed by atoms with E-state index >= 15 is 0 Å². The fraction of sp³-hybridized carbons (Fsp3) is 1.00. The summed E-state index contributed by atoms with van der Waals surface area (Å²) < 4.78 is 17.0. The molecule has 1 aliphatic heterocycles. The molecule has 0 aromatic carbocycles. The van der Waals surface area contributed by atoms with Gasteiger partial charge in [0.2, 0.25) is 0 Å². The van der Waals surface area contributed by atoms with Crippen molar-refractivity contribution in [3.63, 3.8) is 0 Å². The van der Waals surface area contributed by atoms with Crippen molar-refractivity contribution in [2.24, 2.45) is 0 Å². The molecule has 3 heteroatoms. The molecule has 1 fully saturated rings. The fourth-order valence-electron chi connectivity index (χ4n) is 1.48. The maximum atomic E-state index is 11.8. The minimum absolute atomic E-state index is 0.200. The third-order valence-electron chi connectivity index (χ3n) is 2.17. The van der Waals surface area contributed by atoms with Gasteiger partial charge in [0.05, 0.1) is 12.8 Å². The lowest BCUT2D eigenvalue weighted by molar-refractivity contribution is 0.107. The molecule has 0 aliphatic carbocycles. The molecule has 0 amide bonds. The first-order valence-corrected chi connectivity index (χ1v) is 4.18. The average Bonchev–Trinajstić information content (AvgIpc) is 2.48. The number of hydrogen-bond donors (Lipinski definition) is 0. The first-order valence-electron chi connectivity index (χ1n) is 4.18. The van der Waals surface area contributed by atoms with Crippen LogP contribution in [0.3, 0.4) is 0 Å². The van der Waals surface area contributed by atoms with Gasteiger partial charge in [-0.05, 0) is 12.8 Å². The van der Waals surface area contributed by atoms with Crippen molar-refractivity contribution in [3.8, 4) is 0 Å². The summed E-state index contributed by atoms with van der Waals surface area (Å²) in [6.07, 6.45) is 2.15. The van der Waals surface area contributed by atoms with Gasteiger partial charge < -0.3 is 9.64 Å². The largest absolute Gasteiger partial charge is 0.380 e. The SMILES string of the molecule is CO[C@H]1CCN(CCCF)C1. The zero-order chi connectivity index (χ0) is 8.10. The van der Waals surface area contributed by atoms with Gasteiger partial charge in [-0.1, -0.05) is 0 Å². The lowest BCUT2D eigenvalue weighted by atomic mass is 10.3. The van der Waals surface area contributed by atoms with Gasteiger partial charge >= 0.3 is 0 Å². The predicted octanol–water partition coefficient (Wildman–Crippen LogP) is 1.07. The maximum Gasteiger partial charge on any atom is 0.0906 e. The zero-order valence-electron chi connectivity index (χ0n) is 7.05. The van der Waals surface area contributed by atoms with Gasteiger partial charge in [-0.2, -0.15) is 0 Å². The molecule has 2 nitrogen and oxygen atoms in total. The number of methoxy groups -OCH3 is 1. The minimum Gasteiger partial charge on any atom is -0.380 e. The number of likely N-dealkylation sites (tertiary alicyclic amines) is 1. The Morgan fingerprint density at radius 1 is 1.64 bits per heavy atom. The van der Waals surface area contributed by atoms with E-state index in [1.165, 1.54) is 0 Å². The Kier molecular flexibility index (Phi) is 3.80. The molecule has 0 spiro atoms. The Morgan fingerprint density at radius 2 is 2.45 bits per heavy atom. The molecule has 0 aromatic rings. The summed E-state index contributed by atoms with van der Waals surface area (Å²) >= 11 is 0. The third-order valence-corrected chi connectivity index (χ3v) is 2.17. The topological polar surface area (TPSA) is 12.5 Å². The average molecular weight is 161 g/mol. The highest BCUT2D eigenvalue weighted by Gasteiger charge is 2.20. The van der Waals surface area contributed by atoms with Crippen LogP contribution in [0.4, 0.5) is 4.39 Å². The quantitative estimate of drug-likeness (QED) is 0.611. The standard InChI is InChI=1S/C8H16FNO/c1-11-8-3-6-10(7-8)5-2-4-9/h8H,2-7H2,1H3/t8-/m0/s1. The molecule has 0 bridgehead atoms. The lowest BCUT2D eigenvalue weighted by Crippen LogP contribution is -2.24. The monoisotopic (exact) mass is 161 g/mol. The Hall–Kier alpha value is -0.150. The number of nitrogens with zero attached hydrogens (tertiary/aromatic N) is 1. The molecule has 1 heterocycles. The van der Waals surface area contributed by atoms with E-state index in [1.807, 2.05) is 0 Å². The molecular formula is C8H16FNO. The van der Waals surface area contributed by atoms with Crippen molar-refractivity contribution in [2.45, 2.75) is 18.9 Å². The van der Waals surface area contributed by atoms with Gasteiger partial charge in [-0.15, -0.1) is 0 Å². The molecule has 0 N–H and O–H groups in total. The second-order valence-electron chi connectivity index (χ2n) is 2.99. The molecule has 0 saturated carbocycles. The molecule has 1 atom stereocenters. The molecule has 1 aliphatic rings. The summed E-state index contributed by atoms with van der Waals surface area (Å²) in [5.74, 6) is 0. The van der Waals surface area contributed by atoms with Crippen LogP contribution >= 0.6 is 0 Å². The zero-order valence-corrected chi connectivity index (χ0v) is 7.05. The predicted molar refractivity (Wildman–Crippen MR) is 42.4 cm³/mol. The summed E-state index contributed by atoms with van der Waals surface area (Å²) in [4.78, 5) is 2.26. The number of halogens is 1. The van der Waals surface area contributed by atoms with Crippen molar-refractivity contribution in [1.29, 1.82) is 0 Å². The molecule has 11 heavy (non-hydrogen) atoms. The minimum atomic E-state index is -0.200. The van der Waals surface area contributed by atoms with Crippen LogP contribution in [-0.4, -0.2) is 44.4 Å². The molecule has 1 saturated heterocycles. The van der Waals surface area contributed by atoms with E-state index in [-0.39, 0.29) is 6.67 Å². The lowest BCUT2D eigenvalue weighted by Gasteiger charge is -2.13. The van der Waals surface area contributed by atoms with E-state index < -0.39 is 0 Å². The van der Waals surface area contributed by atoms with Gasteiger partial charge in [-0.3, -0.25) is 4.39 Å². The molecule has 66 valence electrons. The Labute approximate surface area is 67.3 Å². The Morgan fingerprint density at radius 3 is 3.00 bits per heavy atom. The van der Waals surface area contributed by atoms with Gasteiger partial charge in [0, 0.05) is 26.7 Å². The van der Waals surface area contributed by atoms with Crippen LogP contribution in [0, 0.1) is 0 Å². The number of alkyl halides is 1. The van der Waals surface area contributed by atoms with Crippen LogP contribution in [-0.2, 0) is 4.74 Å². The number of ether oxygens (including phenoxy) is 1. The van der Waals surface area contributed by atoms with E-state index in [2.05, 4.69) is 4.90 Å². The smallest absolute Gasteiger partial charge is 0.0906 e. The number of rotatable bonds is 4. The molecule has 0 unspecified atom stereocenters. The van der Waals surface area contributed by atoms with Gasteiger partial charge in [-0.25, -0.2) is 0 Å². The molecule has 0 aromatic heterocycles. The first-order chi connectivity index (χ1) is 5.36. The van der Waals surface area contributed by atoms with E-state index in [0.717, 1.165) is 26.1 Å². The van der Waals surface area contributed by atoms with Crippen molar-refractivity contribution in [1.82, 2.24) is 4.90 Å². The van der Waals surface area contributed by atoms with Crippen molar-refractivity contribution in [2.75, 3.05) is 33.4 Å². The highest BCUT2D eigenvalue weighted by Crippen LogP contribution is 2.11. The maximum absolute atomic E-state index is 11.8. The summed E-state index contributed by atoms with van der Waals surface area (Å²) in [5.41, 5.74) is 0. The van der Waals surface area contributed by atoms with Crippen molar-refractivity contribution in [3.05, 3.63) is 0 Å². The first kappa shape index (κ1) is 8.94. The molecule has 0 radical (unpaired) electrons.